The summed E-state index contributed by atoms with van der Waals surface area (Å²) in [5.74, 6) is 0.202. The molecule has 0 spiro atoms. The third-order valence-electron chi connectivity index (χ3n) is 4.34. The Kier molecular flexibility index (Phi) is 6.18. The summed E-state index contributed by atoms with van der Waals surface area (Å²) < 4.78 is 38.1. The first-order valence-electron chi connectivity index (χ1n) is 8.14. The molecule has 0 aliphatic carbocycles. The molecule has 0 aliphatic heterocycles. The smallest absolute Gasteiger partial charge is 0.252 e. The van der Waals surface area contributed by atoms with E-state index in [9.17, 15) is 12.6 Å². The van der Waals surface area contributed by atoms with Crippen LogP contribution in [0.2, 0.25) is 0 Å². The van der Waals surface area contributed by atoms with Crippen molar-refractivity contribution in [3.05, 3.63) is 48.0 Å². The van der Waals surface area contributed by atoms with Crippen molar-refractivity contribution in [3.8, 4) is 0 Å². The number of hydrogen-bond acceptors (Lipinski definition) is 4. The number of aryl methyl sites for hydroxylation is 1. The Bertz CT molecular complexity index is 842. The molecule has 1 heterocycles. The van der Waals surface area contributed by atoms with Crippen molar-refractivity contribution < 1.29 is 12.6 Å². The van der Waals surface area contributed by atoms with Gasteiger partial charge in [0.1, 0.15) is 6.33 Å². The largest absolute Gasteiger partial charge is 0.268 e. The first kappa shape index (κ1) is 19.8. The zero-order valence-corrected chi connectivity index (χ0v) is 16.5. The number of imidazole rings is 1. The first-order chi connectivity index (χ1) is 11.6. The summed E-state index contributed by atoms with van der Waals surface area (Å²) in [6.07, 6.45) is 3.46. The average molecular weight is 384 g/mol. The molecular weight excluding hydrogens is 358 g/mol. The van der Waals surface area contributed by atoms with Crippen LogP contribution in [0.4, 0.5) is 0 Å². The SMILES string of the molecule is Cc1ccc(S(=O)(=O)n2cnc([C@H](CC(C)S(N)=O)C(C)C)c2)cc1. The monoisotopic (exact) mass is 383 g/mol. The summed E-state index contributed by atoms with van der Waals surface area (Å²) in [5, 5.41) is 5.29. The van der Waals surface area contributed by atoms with Crippen LogP contribution in [0.3, 0.4) is 0 Å². The van der Waals surface area contributed by atoms with Gasteiger partial charge in [-0.25, -0.2) is 21.6 Å². The highest BCUT2D eigenvalue weighted by Crippen LogP contribution is 2.29. The zero-order chi connectivity index (χ0) is 18.8. The molecule has 1 aromatic heterocycles. The maximum atomic E-state index is 12.7. The van der Waals surface area contributed by atoms with Crippen LogP contribution in [-0.4, -0.2) is 26.8 Å². The summed E-state index contributed by atoms with van der Waals surface area (Å²) in [4.78, 5) is 4.53. The molecule has 0 aliphatic rings. The second kappa shape index (κ2) is 7.80. The van der Waals surface area contributed by atoms with Gasteiger partial charge >= 0.3 is 0 Å². The molecule has 138 valence electrons. The van der Waals surface area contributed by atoms with Gasteiger partial charge in [0.15, 0.2) is 0 Å². The fraction of sp³-hybridized carbons (Fsp3) is 0.471. The molecular formula is C17H25N3O3S2. The maximum Gasteiger partial charge on any atom is 0.268 e. The van der Waals surface area contributed by atoms with E-state index < -0.39 is 21.0 Å². The Morgan fingerprint density at radius 2 is 1.80 bits per heavy atom. The molecule has 2 N–H and O–H groups in total. The number of hydrogen-bond donors (Lipinski definition) is 1. The minimum Gasteiger partial charge on any atom is -0.252 e. The minimum atomic E-state index is -3.67. The van der Waals surface area contributed by atoms with E-state index in [0.29, 0.717) is 12.1 Å². The van der Waals surface area contributed by atoms with Crippen LogP contribution in [0.25, 0.3) is 0 Å². The van der Waals surface area contributed by atoms with Gasteiger partial charge in [-0.1, -0.05) is 31.5 Å². The third-order valence-corrected chi connectivity index (χ3v) is 6.95. The van der Waals surface area contributed by atoms with E-state index in [4.69, 9.17) is 5.14 Å². The van der Waals surface area contributed by atoms with Crippen LogP contribution in [0, 0.1) is 12.8 Å². The lowest BCUT2D eigenvalue weighted by Crippen LogP contribution is -2.23. The molecule has 25 heavy (non-hydrogen) atoms. The molecule has 1 aromatic carbocycles. The van der Waals surface area contributed by atoms with Gasteiger partial charge in [0.25, 0.3) is 10.0 Å². The van der Waals surface area contributed by atoms with Crippen LogP contribution in [0.5, 0.6) is 0 Å². The Morgan fingerprint density at radius 1 is 1.20 bits per heavy atom. The molecule has 8 heteroatoms. The van der Waals surface area contributed by atoms with Crippen LogP contribution < -0.4 is 5.14 Å². The van der Waals surface area contributed by atoms with Gasteiger partial charge in [0.2, 0.25) is 0 Å². The van der Waals surface area contributed by atoms with E-state index in [-0.39, 0.29) is 22.0 Å². The number of aromatic nitrogens is 2. The zero-order valence-electron chi connectivity index (χ0n) is 14.9. The molecule has 2 unspecified atom stereocenters. The van der Waals surface area contributed by atoms with E-state index >= 15 is 0 Å². The lowest BCUT2D eigenvalue weighted by molar-refractivity contribution is 0.456. The number of nitrogens with two attached hydrogens (primary N) is 1. The highest BCUT2D eigenvalue weighted by atomic mass is 32.2. The van der Waals surface area contributed by atoms with Gasteiger partial charge in [-0.15, -0.1) is 0 Å². The minimum absolute atomic E-state index is 0.0167. The quantitative estimate of drug-likeness (QED) is 0.795. The standard InChI is InChI=1S/C17H25N3O3S2/c1-12(2)16(9-14(4)24(18)21)17-10-20(11-19-17)25(22,23)15-7-5-13(3)6-8-15/h5-8,10-12,14,16H,9,18H2,1-4H3/t14?,16-,24?/m1/s1. The summed E-state index contributed by atoms with van der Waals surface area (Å²) in [7, 11) is -5.09. The molecule has 0 radical (unpaired) electrons. The Balaban J connectivity index is 2.33. The van der Waals surface area contributed by atoms with Gasteiger partial charge in [0.05, 0.1) is 21.6 Å². The summed E-state index contributed by atoms with van der Waals surface area (Å²) in [6.45, 7) is 7.79. The van der Waals surface area contributed by atoms with E-state index in [2.05, 4.69) is 4.98 Å². The second-order valence-corrected chi connectivity index (χ2v) is 9.98. The van der Waals surface area contributed by atoms with Gasteiger partial charge in [-0.05, 0) is 38.3 Å². The normalized spacial score (nSPS) is 15.9. The Hall–Kier alpha value is -1.51. The Morgan fingerprint density at radius 3 is 2.32 bits per heavy atom. The predicted octanol–water partition coefficient (Wildman–Crippen LogP) is 2.57. The van der Waals surface area contributed by atoms with Gasteiger partial charge in [-0.3, -0.25) is 5.14 Å². The van der Waals surface area contributed by atoms with Crippen molar-refractivity contribution in [1.29, 1.82) is 0 Å². The van der Waals surface area contributed by atoms with Crippen LogP contribution in [-0.2, 0) is 21.0 Å². The Labute approximate surface area is 152 Å². The molecule has 3 atom stereocenters. The average Bonchev–Trinajstić information content (AvgIpc) is 3.02. The summed E-state index contributed by atoms with van der Waals surface area (Å²) in [5.41, 5.74) is 1.66. The lowest BCUT2D eigenvalue weighted by atomic mass is 9.89. The summed E-state index contributed by atoms with van der Waals surface area (Å²) >= 11 is 0. The van der Waals surface area contributed by atoms with Crippen molar-refractivity contribution in [1.82, 2.24) is 8.96 Å². The predicted molar refractivity (Wildman–Crippen MR) is 100.0 cm³/mol. The van der Waals surface area contributed by atoms with Crippen molar-refractivity contribution in [2.45, 2.75) is 50.2 Å². The fourth-order valence-corrected chi connectivity index (χ4v) is 4.20. The highest BCUT2D eigenvalue weighted by Gasteiger charge is 2.25. The highest BCUT2D eigenvalue weighted by molar-refractivity contribution is 7.90. The molecule has 6 nitrogen and oxygen atoms in total. The van der Waals surface area contributed by atoms with Crippen molar-refractivity contribution in [2.24, 2.45) is 11.1 Å². The third kappa shape index (κ3) is 4.56. The van der Waals surface area contributed by atoms with Crippen LogP contribution in [0.15, 0.2) is 41.7 Å². The molecule has 2 rings (SSSR count). The number of benzene rings is 1. The second-order valence-electron chi connectivity index (χ2n) is 6.67. The fourth-order valence-electron chi connectivity index (χ4n) is 2.66. The van der Waals surface area contributed by atoms with Crippen molar-refractivity contribution in [2.75, 3.05) is 0 Å². The maximum absolute atomic E-state index is 12.7. The number of nitrogens with zero attached hydrogens (tertiary/aromatic N) is 2. The van der Waals surface area contributed by atoms with Crippen molar-refractivity contribution >= 4 is 21.0 Å². The van der Waals surface area contributed by atoms with E-state index in [0.717, 1.165) is 9.54 Å². The lowest BCUT2D eigenvalue weighted by Gasteiger charge is -2.21. The molecule has 2 aromatic rings. The first-order valence-corrected chi connectivity index (χ1v) is 10.9. The van der Waals surface area contributed by atoms with Crippen LogP contribution in [0.1, 0.15) is 44.4 Å². The van der Waals surface area contributed by atoms with E-state index in [1.807, 2.05) is 27.7 Å². The molecule has 0 saturated heterocycles. The van der Waals surface area contributed by atoms with E-state index in [1.54, 1.807) is 30.5 Å². The number of rotatable bonds is 7. The van der Waals surface area contributed by atoms with Gasteiger partial charge in [-0.2, -0.15) is 0 Å². The van der Waals surface area contributed by atoms with Gasteiger partial charge < -0.3 is 0 Å². The van der Waals surface area contributed by atoms with Crippen molar-refractivity contribution in [3.63, 3.8) is 0 Å². The topological polar surface area (TPSA) is 95.1 Å². The molecule has 0 saturated carbocycles. The van der Waals surface area contributed by atoms with Gasteiger partial charge in [0, 0.05) is 17.4 Å². The molecule has 0 bridgehead atoms. The molecule has 0 fully saturated rings. The van der Waals surface area contributed by atoms with E-state index in [1.165, 1.54) is 6.33 Å². The molecule has 0 amide bonds. The summed E-state index contributed by atoms with van der Waals surface area (Å²) in [6, 6.07) is 6.70. The van der Waals surface area contributed by atoms with Crippen LogP contribution >= 0.6 is 0 Å².